The molecule has 1 fully saturated rings. The number of nitrogens with one attached hydrogen (secondary N) is 2. The largest absolute Gasteiger partial charge is 0.369 e. The molecular formula is C16H20N2O. The van der Waals surface area contributed by atoms with Gasteiger partial charge in [0, 0.05) is 11.4 Å². The lowest BCUT2D eigenvalue weighted by Gasteiger charge is -2.21. The van der Waals surface area contributed by atoms with Crippen molar-refractivity contribution < 1.29 is 0 Å². The fraction of sp³-hybridized carbons (Fsp3) is 0.438. The van der Waals surface area contributed by atoms with Gasteiger partial charge in [0.05, 0.1) is 0 Å². The van der Waals surface area contributed by atoms with Crippen molar-refractivity contribution in [1.29, 1.82) is 0 Å². The Morgan fingerprint density at radius 1 is 1.26 bits per heavy atom. The minimum Gasteiger partial charge on any atom is -0.369 e. The van der Waals surface area contributed by atoms with Crippen LogP contribution in [-0.4, -0.2) is 11.0 Å². The molecule has 3 nitrogen and oxygen atoms in total. The highest BCUT2D eigenvalue weighted by Gasteiger charge is 2.21. The van der Waals surface area contributed by atoms with E-state index in [4.69, 9.17) is 0 Å². The molecule has 2 aromatic rings. The summed E-state index contributed by atoms with van der Waals surface area (Å²) in [7, 11) is 0. The molecule has 1 aliphatic carbocycles. The summed E-state index contributed by atoms with van der Waals surface area (Å²) in [6.07, 6.45) is 5.27. The highest BCUT2D eigenvalue weighted by Crippen LogP contribution is 2.29. The Morgan fingerprint density at radius 2 is 2.00 bits per heavy atom. The number of aromatic nitrogens is 1. The zero-order valence-corrected chi connectivity index (χ0v) is 11.3. The summed E-state index contributed by atoms with van der Waals surface area (Å²) >= 11 is 0. The number of benzene rings is 1. The quantitative estimate of drug-likeness (QED) is 0.882. The molecule has 0 saturated heterocycles. The normalized spacial score (nSPS) is 17.7. The van der Waals surface area contributed by atoms with Crippen LogP contribution >= 0.6 is 0 Å². The first-order valence-electron chi connectivity index (χ1n) is 7.12. The van der Waals surface area contributed by atoms with Crippen LogP contribution in [0.3, 0.4) is 0 Å². The molecule has 2 N–H and O–H groups in total. The van der Waals surface area contributed by atoms with Gasteiger partial charge in [-0.25, -0.2) is 0 Å². The van der Waals surface area contributed by atoms with Gasteiger partial charge in [0.25, 0.3) is 5.56 Å². The molecule has 19 heavy (non-hydrogen) atoms. The first kappa shape index (κ1) is 12.3. The maximum atomic E-state index is 12.0. The maximum Gasteiger partial charge on any atom is 0.257 e. The van der Waals surface area contributed by atoms with Crippen molar-refractivity contribution in [2.24, 2.45) is 5.92 Å². The van der Waals surface area contributed by atoms with Gasteiger partial charge in [-0.15, -0.1) is 0 Å². The van der Waals surface area contributed by atoms with E-state index in [9.17, 15) is 4.79 Å². The topological polar surface area (TPSA) is 44.9 Å². The fourth-order valence-corrected chi connectivity index (χ4v) is 3.11. The van der Waals surface area contributed by atoms with Crippen molar-refractivity contribution in [3.8, 4) is 0 Å². The summed E-state index contributed by atoms with van der Waals surface area (Å²) in [5.74, 6) is 1.57. The number of hydrogen-bond acceptors (Lipinski definition) is 2. The van der Waals surface area contributed by atoms with Gasteiger partial charge in [-0.3, -0.25) is 4.79 Å². The molecule has 100 valence electrons. The first-order chi connectivity index (χ1) is 9.24. The predicted molar refractivity (Wildman–Crippen MR) is 79.6 cm³/mol. The molecule has 1 aromatic heterocycles. The van der Waals surface area contributed by atoms with E-state index < -0.39 is 0 Å². The lowest BCUT2D eigenvalue weighted by atomic mass is 10.00. The van der Waals surface area contributed by atoms with Crippen molar-refractivity contribution in [1.82, 2.24) is 4.98 Å². The van der Waals surface area contributed by atoms with E-state index in [1.54, 1.807) is 0 Å². The highest BCUT2D eigenvalue weighted by molar-refractivity contribution is 5.83. The van der Waals surface area contributed by atoms with Crippen LogP contribution in [0.4, 0.5) is 5.82 Å². The Hall–Kier alpha value is -1.77. The van der Waals surface area contributed by atoms with Crippen LogP contribution in [0.15, 0.2) is 35.1 Å². The average Bonchev–Trinajstić information content (AvgIpc) is 2.93. The predicted octanol–water partition coefficient (Wildman–Crippen LogP) is 3.52. The number of H-pyrrole nitrogens is 1. The van der Waals surface area contributed by atoms with Crippen LogP contribution in [0.1, 0.15) is 32.6 Å². The zero-order valence-electron chi connectivity index (χ0n) is 11.3. The van der Waals surface area contributed by atoms with E-state index in [-0.39, 0.29) is 5.56 Å². The number of fused-ring (bicyclic) bond motifs is 1. The highest BCUT2D eigenvalue weighted by atomic mass is 16.1. The van der Waals surface area contributed by atoms with Gasteiger partial charge in [-0.1, -0.05) is 31.0 Å². The molecule has 1 unspecified atom stereocenters. The molecule has 3 heteroatoms. The van der Waals surface area contributed by atoms with Gasteiger partial charge >= 0.3 is 0 Å². The lowest BCUT2D eigenvalue weighted by molar-refractivity contribution is 0.481. The minimum atomic E-state index is -0.0146. The fourth-order valence-electron chi connectivity index (χ4n) is 3.11. The molecule has 1 heterocycles. The molecule has 0 spiro atoms. The van der Waals surface area contributed by atoms with E-state index in [0.29, 0.717) is 6.04 Å². The summed E-state index contributed by atoms with van der Waals surface area (Å²) in [4.78, 5) is 14.9. The standard InChI is InChI=1S/C16H20N2O/c1-11(12-6-2-3-7-12)17-15-10-13-8-4-5-9-14(13)16(19)18-15/h4-5,8-12H,2-3,6-7H2,1H3,(H2,17,18,19). The third-order valence-corrected chi connectivity index (χ3v) is 4.24. The van der Waals surface area contributed by atoms with Crippen molar-refractivity contribution in [2.75, 3.05) is 5.32 Å². The monoisotopic (exact) mass is 256 g/mol. The van der Waals surface area contributed by atoms with Gasteiger partial charge < -0.3 is 10.3 Å². The van der Waals surface area contributed by atoms with Crippen LogP contribution in [-0.2, 0) is 0 Å². The Morgan fingerprint density at radius 3 is 2.79 bits per heavy atom. The van der Waals surface area contributed by atoms with E-state index in [1.165, 1.54) is 25.7 Å². The Labute approximate surface area is 113 Å². The molecule has 0 bridgehead atoms. The summed E-state index contributed by atoms with van der Waals surface area (Å²) in [6, 6.07) is 10.1. The summed E-state index contributed by atoms with van der Waals surface area (Å²) in [5.41, 5.74) is -0.0146. The van der Waals surface area contributed by atoms with Gasteiger partial charge in [-0.05, 0) is 43.2 Å². The number of hydrogen-bond donors (Lipinski definition) is 2. The summed E-state index contributed by atoms with van der Waals surface area (Å²) in [6.45, 7) is 2.21. The molecule has 1 saturated carbocycles. The maximum absolute atomic E-state index is 12.0. The SMILES string of the molecule is CC(Nc1cc2ccccc2c(=O)[nH]1)C1CCCC1. The van der Waals surface area contributed by atoms with Gasteiger partial charge in [0.1, 0.15) is 5.82 Å². The molecule has 0 aliphatic heterocycles. The second-order valence-electron chi connectivity index (χ2n) is 5.58. The van der Waals surface area contributed by atoms with Gasteiger partial charge in [0.15, 0.2) is 0 Å². The Kier molecular flexibility index (Phi) is 3.28. The van der Waals surface area contributed by atoms with Crippen LogP contribution in [0.2, 0.25) is 0 Å². The summed E-state index contributed by atoms with van der Waals surface area (Å²) < 4.78 is 0. The molecular weight excluding hydrogens is 236 g/mol. The Bertz CT molecular complexity index is 626. The van der Waals surface area contributed by atoms with Crippen molar-refractivity contribution in [3.63, 3.8) is 0 Å². The van der Waals surface area contributed by atoms with Gasteiger partial charge in [0.2, 0.25) is 0 Å². The zero-order chi connectivity index (χ0) is 13.2. The van der Waals surface area contributed by atoms with E-state index in [0.717, 1.165) is 22.5 Å². The molecule has 1 aliphatic rings. The van der Waals surface area contributed by atoms with Crippen molar-refractivity contribution in [2.45, 2.75) is 38.6 Å². The summed E-state index contributed by atoms with van der Waals surface area (Å²) in [5, 5.41) is 5.21. The van der Waals surface area contributed by atoms with Crippen LogP contribution in [0.5, 0.6) is 0 Å². The first-order valence-corrected chi connectivity index (χ1v) is 7.12. The van der Waals surface area contributed by atoms with Crippen molar-refractivity contribution in [3.05, 3.63) is 40.7 Å². The van der Waals surface area contributed by atoms with Crippen LogP contribution in [0, 0.1) is 5.92 Å². The smallest absolute Gasteiger partial charge is 0.257 e. The number of pyridine rings is 1. The molecule has 1 atom stereocenters. The second kappa shape index (κ2) is 5.08. The molecule has 0 amide bonds. The second-order valence-corrected chi connectivity index (χ2v) is 5.58. The third-order valence-electron chi connectivity index (χ3n) is 4.24. The van der Waals surface area contributed by atoms with E-state index >= 15 is 0 Å². The molecule has 0 radical (unpaired) electrons. The Balaban J connectivity index is 1.86. The third kappa shape index (κ3) is 2.50. The van der Waals surface area contributed by atoms with E-state index in [2.05, 4.69) is 17.2 Å². The van der Waals surface area contributed by atoms with Gasteiger partial charge in [-0.2, -0.15) is 0 Å². The molecule has 3 rings (SSSR count). The van der Waals surface area contributed by atoms with Crippen molar-refractivity contribution >= 4 is 16.6 Å². The molecule has 1 aromatic carbocycles. The van der Waals surface area contributed by atoms with Crippen LogP contribution < -0.4 is 10.9 Å². The number of anilines is 1. The number of rotatable bonds is 3. The van der Waals surface area contributed by atoms with Crippen LogP contribution in [0.25, 0.3) is 10.8 Å². The average molecular weight is 256 g/mol. The van der Waals surface area contributed by atoms with E-state index in [1.807, 2.05) is 30.3 Å². The number of aromatic amines is 1. The lowest BCUT2D eigenvalue weighted by Crippen LogP contribution is -2.25. The minimum absolute atomic E-state index is 0.0146.